The molecule has 2 saturated heterocycles. The van der Waals surface area contributed by atoms with E-state index in [-0.39, 0.29) is 16.9 Å². The summed E-state index contributed by atoms with van der Waals surface area (Å²) >= 11 is -0.989. The number of carbonyl (C=O) groups is 3. The Hall–Kier alpha value is -1.55. The number of hydrogen-bond donors (Lipinski definition) is 2. The Kier molecular flexibility index (Phi) is 7.26. The van der Waals surface area contributed by atoms with Crippen LogP contribution >= 0.6 is 11.8 Å². The van der Waals surface area contributed by atoms with Gasteiger partial charge in [0.25, 0.3) is 0 Å². The molecule has 0 radical (unpaired) electrons. The fourth-order valence-electron chi connectivity index (χ4n) is 4.15. The summed E-state index contributed by atoms with van der Waals surface area (Å²) in [6.07, 6.45) is 3.29. The lowest BCUT2D eigenvalue weighted by Crippen LogP contribution is -2.53. The smallest absolute Gasteiger partial charge is 0.332 e. The molecule has 6 unspecified atom stereocenters. The fraction of sp³-hybridized carbons (Fsp3) is 0.550. The molecule has 2 fully saturated rings. The summed E-state index contributed by atoms with van der Waals surface area (Å²) in [6, 6.07) is 8.10. The molecule has 1 amide bonds. The number of rotatable bonds is 6. The second-order valence-corrected chi connectivity index (χ2v) is 10.8. The predicted molar refractivity (Wildman–Crippen MR) is 112 cm³/mol. The van der Waals surface area contributed by atoms with E-state index < -0.39 is 39.2 Å². The number of carboxylic acids is 1. The van der Waals surface area contributed by atoms with Gasteiger partial charge in [-0.1, -0.05) is 30.3 Å². The number of amides is 1. The maximum absolute atomic E-state index is 13.3. The van der Waals surface area contributed by atoms with Crippen LogP contribution in [0.5, 0.6) is 0 Å². The van der Waals surface area contributed by atoms with Crippen molar-refractivity contribution in [2.75, 3.05) is 0 Å². The second kappa shape index (κ2) is 9.51. The van der Waals surface area contributed by atoms with E-state index in [1.807, 2.05) is 30.3 Å². The van der Waals surface area contributed by atoms with E-state index in [0.717, 1.165) is 24.6 Å². The fourth-order valence-corrected chi connectivity index (χ4v) is 7.70. The number of benzene rings is 1. The van der Waals surface area contributed by atoms with Gasteiger partial charge in [0.1, 0.15) is 0 Å². The highest BCUT2D eigenvalue weighted by Gasteiger charge is 2.61. The summed E-state index contributed by atoms with van der Waals surface area (Å²) < 4.78 is 12.0. The highest BCUT2D eigenvalue weighted by molar-refractivity contribution is 8.23. The van der Waals surface area contributed by atoms with Gasteiger partial charge in [-0.05, 0) is 60.6 Å². The lowest BCUT2D eigenvalue weighted by Gasteiger charge is -2.27. The van der Waals surface area contributed by atoms with Crippen molar-refractivity contribution in [1.29, 1.82) is 0 Å². The van der Waals surface area contributed by atoms with Crippen molar-refractivity contribution in [3.63, 3.8) is 0 Å². The van der Waals surface area contributed by atoms with Crippen LogP contribution in [0.4, 0.5) is 0 Å². The first-order valence-corrected chi connectivity index (χ1v) is 11.9. The minimum absolute atomic E-state index is 0.302. The summed E-state index contributed by atoms with van der Waals surface area (Å²) in [5.41, 5.74) is 7.42. The highest BCUT2D eigenvalue weighted by Crippen LogP contribution is 2.42. The molecule has 0 aliphatic carbocycles. The van der Waals surface area contributed by atoms with Gasteiger partial charge in [0.2, 0.25) is 15.9 Å². The van der Waals surface area contributed by atoms with E-state index in [9.17, 15) is 24.0 Å². The van der Waals surface area contributed by atoms with Crippen molar-refractivity contribution in [2.45, 2.75) is 61.1 Å². The van der Waals surface area contributed by atoms with Gasteiger partial charge in [-0.15, -0.1) is 0 Å². The number of fused-ring (bicyclic) bond motifs is 1. The van der Waals surface area contributed by atoms with Gasteiger partial charge in [-0.2, -0.15) is 0 Å². The lowest BCUT2D eigenvalue weighted by molar-refractivity contribution is -0.151. The Labute approximate surface area is 177 Å². The van der Waals surface area contributed by atoms with Gasteiger partial charge in [-0.3, -0.25) is 14.5 Å². The predicted octanol–water partition coefficient (Wildman–Crippen LogP) is 1.72. The minimum atomic E-state index is -1.72. The third kappa shape index (κ3) is 4.79. The third-order valence-corrected chi connectivity index (χ3v) is 8.96. The quantitative estimate of drug-likeness (QED) is 0.648. The van der Waals surface area contributed by atoms with Crippen LogP contribution in [0, 0.1) is 5.92 Å². The zero-order valence-electron chi connectivity index (χ0n) is 16.2. The first-order valence-electron chi connectivity index (χ1n) is 9.72. The SMILES string of the molecule is CC(=O)SC1C(C(=O)O)N2C(=O)C(CCCc3ccccc3)CCC(N)C2[S+]1[O-]. The topological polar surface area (TPSA) is 124 Å². The normalized spacial score (nSPS) is 32.0. The highest BCUT2D eigenvalue weighted by atomic mass is 32.3. The summed E-state index contributed by atoms with van der Waals surface area (Å²) in [5.74, 6) is -1.90. The molecule has 158 valence electrons. The number of aliphatic carboxylic acids is 1. The molecule has 0 spiro atoms. The van der Waals surface area contributed by atoms with Crippen LogP contribution in [0.15, 0.2) is 30.3 Å². The standard InChI is InChI=1S/C20H26N2O5S2/c1-12(23)28-20-16(19(25)26)22-17(24)14(10-11-15(21)18(22)29(20)27)9-5-8-13-6-3-2-4-7-13/h2-4,6-7,14-16,18,20H,5,8-11,21H2,1H3,(H,25,26). The molecule has 6 atom stereocenters. The molecule has 9 heteroatoms. The Bertz CT molecular complexity index is 762. The molecular weight excluding hydrogens is 412 g/mol. The van der Waals surface area contributed by atoms with Crippen LogP contribution in [-0.4, -0.2) is 53.6 Å². The summed E-state index contributed by atoms with van der Waals surface area (Å²) in [4.78, 5) is 38.1. The van der Waals surface area contributed by atoms with Crippen LogP contribution in [0.2, 0.25) is 0 Å². The first-order chi connectivity index (χ1) is 13.8. The molecule has 29 heavy (non-hydrogen) atoms. The summed E-state index contributed by atoms with van der Waals surface area (Å²) in [6.45, 7) is 1.30. The Morgan fingerprint density at radius 3 is 2.62 bits per heavy atom. The molecule has 0 bridgehead atoms. The zero-order chi connectivity index (χ0) is 21.1. The summed E-state index contributed by atoms with van der Waals surface area (Å²) in [7, 11) is 0. The second-order valence-electron chi connectivity index (χ2n) is 7.54. The lowest BCUT2D eigenvalue weighted by atomic mass is 9.94. The van der Waals surface area contributed by atoms with Crippen molar-refractivity contribution in [3.8, 4) is 0 Å². The molecule has 2 heterocycles. The van der Waals surface area contributed by atoms with Gasteiger partial charge in [0.15, 0.2) is 11.2 Å². The Morgan fingerprint density at radius 1 is 1.31 bits per heavy atom. The third-order valence-electron chi connectivity index (χ3n) is 5.51. The van der Waals surface area contributed by atoms with E-state index in [0.29, 0.717) is 19.3 Å². The molecule has 3 rings (SSSR count). The minimum Gasteiger partial charge on any atom is -0.614 e. The monoisotopic (exact) mass is 438 g/mol. The van der Waals surface area contributed by atoms with Gasteiger partial charge in [-0.25, -0.2) is 4.79 Å². The Balaban J connectivity index is 1.78. The molecule has 7 nitrogen and oxygen atoms in total. The van der Waals surface area contributed by atoms with Crippen molar-refractivity contribution in [2.24, 2.45) is 11.7 Å². The molecule has 2 aliphatic rings. The molecule has 0 saturated carbocycles. The number of nitrogens with two attached hydrogens (primary N) is 1. The van der Waals surface area contributed by atoms with E-state index in [1.165, 1.54) is 17.4 Å². The summed E-state index contributed by atoms with van der Waals surface area (Å²) in [5, 5.41) is 8.58. The Morgan fingerprint density at radius 2 is 2.00 bits per heavy atom. The zero-order valence-corrected chi connectivity index (χ0v) is 17.9. The molecule has 1 aromatic carbocycles. The first kappa shape index (κ1) is 22.1. The number of nitrogens with zero attached hydrogens (tertiary/aromatic N) is 1. The van der Waals surface area contributed by atoms with Crippen molar-refractivity contribution in [1.82, 2.24) is 4.90 Å². The number of carboxylic acid groups (broad SMARTS) is 1. The van der Waals surface area contributed by atoms with E-state index in [4.69, 9.17) is 5.73 Å². The number of thioether (sulfide) groups is 1. The average Bonchev–Trinajstić information content (AvgIpc) is 2.90. The molecule has 2 aliphatic heterocycles. The van der Waals surface area contributed by atoms with Crippen molar-refractivity contribution in [3.05, 3.63) is 35.9 Å². The van der Waals surface area contributed by atoms with Crippen molar-refractivity contribution < 1.29 is 24.0 Å². The maximum Gasteiger partial charge on any atom is 0.332 e. The molecular formula is C20H26N2O5S2. The average molecular weight is 439 g/mol. The van der Waals surface area contributed by atoms with Crippen LogP contribution in [0.3, 0.4) is 0 Å². The maximum atomic E-state index is 13.3. The van der Waals surface area contributed by atoms with Crippen LogP contribution in [0.25, 0.3) is 0 Å². The van der Waals surface area contributed by atoms with Gasteiger partial charge in [0, 0.05) is 12.8 Å². The molecule has 3 N–H and O–H groups in total. The van der Waals surface area contributed by atoms with Gasteiger partial charge < -0.3 is 15.4 Å². The number of carbonyl (C=O) groups excluding carboxylic acids is 2. The van der Waals surface area contributed by atoms with E-state index in [1.54, 1.807) is 0 Å². The van der Waals surface area contributed by atoms with Gasteiger partial charge >= 0.3 is 5.97 Å². The van der Waals surface area contributed by atoms with Crippen LogP contribution in [-0.2, 0) is 32.0 Å². The number of aryl methyl sites for hydroxylation is 1. The number of hydrogen-bond acceptors (Lipinski definition) is 6. The van der Waals surface area contributed by atoms with Crippen LogP contribution in [0.1, 0.15) is 38.2 Å². The van der Waals surface area contributed by atoms with E-state index >= 15 is 0 Å². The molecule has 0 aromatic heterocycles. The largest absolute Gasteiger partial charge is 0.614 e. The van der Waals surface area contributed by atoms with Gasteiger partial charge in [0.05, 0.1) is 6.04 Å². The van der Waals surface area contributed by atoms with Crippen molar-refractivity contribution >= 4 is 39.9 Å². The van der Waals surface area contributed by atoms with Crippen LogP contribution < -0.4 is 5.73 Å². The molecule has 1 aromatic rings. The van der Waals surface area contributed by atoms with E-state index in [2.05, 4.69) is 0 Å².